The number of aliphatic hydroxyl groups excluding tert-OH is 1. The molecule has 1 aromatic carbocycles. The first-order valence-corrected chi connectivity index (χ1v) is 6.88. The molecule has 0 aliphatic carbocycles. The predicted octanol–water partition coefficient (Wildman–Crippen LogP) is 2.82. The van der Waals surface area contributed by atoms with E-state index in [1.165, 1.54) is 17.0 Å². The van der Waals surface area contributed by atoms with Gasteiger partial charge in [-0.15, -0.1) is 0 Å². The van der Waals surface area contributed by atoms with Gasteiger partial charge in [-0.2, -0.15) is 0 Å². The summed E-state index contributed by atoms with van der Waals surface area (Å²) in [6.45, 7) is 5.91. The van der Waals surface area contributed by atoms with Gasteiger partial charge in [-0.05, 0) is 44.0 Å². The van der Waals surface area contributed by atoms with E-state index in [2.05, 4.69) is 0 Å². The smallest absolute Gasteiger partial charge is 0.410 e. The Morgan fingerprint density at radius 2 is 1.95 bits per heavy atom. The number of rotatable bonds is 1. The van der Waals surface area contributed by atoms with Crippen molar-refractivity contribution >= 4 is 11.7 Å². The number of halogens is 1. The van der Waals surface area contributed by atoms with E-state index in [1.54, 1.807) is 39.0 Å². The molecule has 1 atom stereocenters. The number of amides is 1. The van der Waals surface area contributed by atoms with Crippen molar-refractivity contribution in [3.05, 3.63) is 41.7 Å². The van der Waals surface area contributed by atoms with Gasteiger partial charge in [0.25, 0.3) is 0 Å². The molecule has 21 heavy (non-hydrogen) atoms. The average Bonchev–Trinajstić information content (AvgIpc) is 2.38. The van der Waals surface area contributed by atoms with Crippen LogP contribution in [0.25, 0.3) is 5.57 Å². The average molecular weight is 293 g/mol. The zero-order valence-corrected chi connectivity index (χ0v) is 12.5. The summed E-state index contributed by atoms with van der Waals surface area (Å²) in [6, 6.07) is 5.94. The van der Waals surface area contributed by atoms with Crippen LogP contribution >= 0.6 is 0 Å². The number of carbonyl (C=O) groups excluding carboxylic acids is 1. The molecule has 1 N–H and O–H groups in total. The van der Waals surface area contributed by atoms with Gasteiger partial charge in [0.2, 0.25) is 0 Å². The van der Waals surface area contributed by atoms with E-state index in [0.29, 0.717) is 12.1 Å². The third-order valence-corrected chi connectivity index (χ3v) is 3.11. The molecule has 1 amide bonds. The van der Waals surface area contributed by atoms with Crippen LogP contribution in [0.5, 0.6) is 0 Å². The number of aliphatic hydroxyl groups is 1. The second-order valence-electron chi connectivity index (χ2n) is 6.07. The Bertz CT molecular complexity index is 546. The van der Waals surface area contributed by atoms with Crippen molar-refractivity contribution in [2.75, 3.05) is 13.1 Å². The SMILES string of the molecule is CC(C)(C)OC(=O)N1CC=C(c2ccc(F)cc2)C(O)C1. The van der Waals surface area contributed by atoms with E-state index >= 15 is 0 Å². The minimum absolute atomic E-state index is 0.165. The molecule has 0 bridgehead atoms. The Hall–Kier alpha value is -1.88. The lowest BCUT2D eigenvalue weighted by atomic mass is 9.97. The molecule has 1 unspecified atom stereocenters. The summed E-state index contributed by atoms with van der Waals surface area (Å²) < 4.78 is 18.2. The van der Waals surface area contributed by atoms with E-state index in [1.807, 2.05) is 0 Å². The quantitative estimate of drug-likeness (QED) is 0.866. The van der Waals surface area contributed by atoms with Gasteiger partial charge >= 0.3 is 6.09 Å². The molecule has 0 fully saturated rings. The van der Waals surface area contributed by atoms with Gasteiger partial charge in [-0.1, -0.05) is 18.2 Å². The van der Waals surface area contributed by atoms with Crippen LogP contribution in [0.4, 0.5) is 9.18 Å². The Labute approximate surface area is 123 Å². The number of benzene rings is 1. The molecule has 0 radical (unpaired) electrons. The van der Waals surface area contributed by atoms with E-state index in [0.717, 1.165) is 5.56 Å². The number of hydrogen-bond acceptors (Lipinski definition) is 3. The summed E-state index contributed by atoms with van der Waals surface area (Å²) in [6.07, 6.45) is 0.512. The van der Waals surface area contributed by atoms with Crippen LogP contribution in [0.15, 0.2) is 30.3 Å². The fraction of sp³-hybridized carbons (Fsp3) is 0.438. The van der Waals surface area contributed by atoms with Crippen LogP contribution in [0.2, 0.25) is 0 Å². The Kier molecular flexibility index (Phi) is 4.32. The monoisotopic (exact) mass is 293 g/mol. The highest BCUT2D eigenvalue weighted by molar-refractivity contribution is 5.74. The lowest BCUT2D eigenvalue weighted by Gasteiger charge is -2.32. The first-order valence-electron chi connectivity index (χ1n) is 6.88. The van der Waals surface area contributed by atoms with Crippen molar-refractivity contribution in [2.24, 2.45) is 0 Å². The van der Waals surface area contributed by atoms with Gasteiger partial charge in [0.05, 0.1) is 12.6 Å². The molecular formula is C16H20FNO3. The molecule has 5 heteroatoms. The lowest BCUT2D eigenvalue weighted by molar-refractivity contribution is 0.0198. The van der Waals surface area contributed by atoms with Gasteiger partial charge in [0.15, 0.2) is 0 Å². The van der Waals surface area contributed by atoms with E-state index < -0.39 is 17.8 Å². The number of nitrogens with zero attached hydrogens (tertiary/aromatic N) is 1. The van der Waals surface area contributed by atoms with Crippen molar-refractivity contribution < 1.29 is 19.0 Å². The molecule has 1 heterocycles. The number of hydrogen-bond donors (Lipinski definition) is 1. The van der Waals surface area contributed by atoms with E-state index in [9.17, 15) is 14.3 Å². The topological polar surface area (TPSA) is 49.8 Å². The van der Waals surface area contributed by atoms with Crippen LogP contribution in [-0.4, -0.2) is 40.9 Å². The third kappa shape index (κ3) is 4.04. The molecule has 2 rings (SSSR count). The molecule has 0 saturated carbocycles. The molecule has 4 nitrogen and oxygen atoms in total. The summed E-state index contributed by atoms with van der Waals surface area (Å²) in [5.74, 6) is -0.319. The first-order chi connectivity index (χ1) is 9.76. The summed E-state index contributed by atoms with van der Waals surface area (Å²) >= 11 is 0. The molecule has 114 valence electrons. The van der Waals surface area contributed by atoms with Crippen LogP contribution < -0.4 is 0 Å². The zero-order chi connectivity index (χ0) is 15.6. The minimum atomic E-state index is -0.809. The van der Waals surface area contributed by atoms with Gasteiger partial charge in [0.1, 0.15) is 11.4 Å². The number of ether oxygens (including phenoxy) is 1. The maximum Gasteiger partial charge on any atom is 0.410 e. The predicted molar refractivity (Wildman–Crippen MR) is 78.2 cm³/mol. The van der Waals surface area contributed by atoms with Crippen molar-refractivity contribution in [2.45, 2.75) is 32.5 Å². The number of carbonyl (C=O) groups is 1. The van der Waals surface area contributed by atoms with Gasteiger partial charge in [-0.3, -0.25) is 0 Å². The third-order valence-electron chi connectivity index (χ3n) is 3.11. The highest BCUT2D eigenvalue weighted by Gasteiger charge is 2.28. The first kappa shape index (κ1) is 15.5. The molecule has 0 saturated heterocycles. The molecular weight excluding hydrogens is 273 g/mol. The van der Waals surface area contributed by atoms with Crippen LogP contribution in [0, 0.1) is 5.82 Å². The second-order valence-corrected chi connectivity index (χ2v) is 6.07. The standard InChI is InChI=1S/C16H20FNO3/c1-16(2,3)21-15(20)18-9-8-13(14(19)10-18)11-4-6-12(17)7-5-11/h4-8,14,19H,9-10H2,1-3H3. The summed E-state index contributed by atoms with van der Waals surface area (Å²) in [5.41, 5.74) is 0.894. The molecule has 1 aromatic rings. The normalized spacial score (nSPS) is 19.2. The second kappa shape index (κ2) is 5.85. The summed E-state index contributed by atoms with van der Waals surface area (Å²) in [5, 5.41) is 10.2. The van der Waals surface area contributed by atoms with Crippen LogP contribution in [0.3, 0.4) is 0 Å². The number of β-amino-alcohol motifs (C(OH)–C–C–N with tert-alkyl or cyclic N) is 1. The largest absolute Gasteiger partial charge is 0.444 e. The molecule has 1 aliphatic heterocycles. The highest BCUT2D eigenvalue weighted by atomic mass is 19.1. The molecule has 1 aliphatic rings. The Morgan fingerprint density at radius 3 is 2.48 bits per heavy atom. The Morgan fingerprint density at radius 1 is 1.33 bits per heavy atom. The van der Waals surface area contributed by atoms with E-state index in [4.69, 9.17) is 4.74 Å². The van der Waals surface area contributed by atoms with Crippen molar-refractivity contribution in [3.63, 3.8) is 0 Å². The highest BCUT2D eigenvalue weighted by Crippen LogP contribution is 2.24. The minimum Gasteiger partial charge on any atom is -0.444 e. The van der Waals surface area contributed by atoms with Crippen molar-refractivity contribution in [1.82, 2.24) is 4.90 Å². The summed E-state index contributed by atoms with van der Waals surface area (Å²) in [7, 11) is 0. The van der Waals surface area contributed by atoms with Gasteiger partial charge in [0, 0.05) is 6.54 Å². The van der Waals surface area contributed by atoms with Gasteiger partial charge < -0.3 is 14.7 Å². The van der Waals surface area contributed by atoms with Gasteiger partial charge in [-0.25, -0.2) is 9.18 Å². The maximum atomic E-state index is 12.9. The zero-order valence-electron chi connectivity index (χ0n) is 12.5. The van der Waals surface area contributed by atoms with Crippen molar-refractivity contribution in [3.8, 4) is 0 Å². The fourth-order valence-corrected chi connectivity index (χ4v) is 2.15. The Balaban J connectivity index is 2.09. The molecule has 0 aromatic heterocycles. The van der Waals surface area contributed by atoms with E-state index in [-0.39, 0.29) is 12.4 Å². The van der Waals surface area contributed by atoms with Crippen LogP contribution in [0.1, 0.15) is 26.3 Å². The fourth-order valence-electron chi connectivity index (χ4n) is 2.15. The van der Waals surface area contributed by atoms with Crippen LogP contribution in [-0.2, 0) is 4.74 Å². The molecule has 0 spiro atoms. The maximum absolute atomic E-state index is 12.9. The van der Waals surface area contributed by atoms with Crippen molar-refractivity contribution in [1.29, 1.82) is 0 Å². The lowest BCUT2D eigenvalue weighted by Crippen LogP contribution is -2.43. The summed E-state index contributed by atoms with van der Waals surface area (Å²) in [4.78, 5) is 13.4.